The molecule has 0 aliphatic carbocycles. The minimum atomic E-state index is 0.181. The maximum atomic E-state index is 12.8. The van der Waals surface area contributed by atoms with Crippen molar-refractivity contribution in [2.75, 3.05) is 27.3 Å². The molecule has 0 N–H and O–H groups in total. The van der Waals surface area contributed by atoms with Crippen LogP contribution < -0.4 is 9.47 Å². The molecule has 2 unspecified atom stereocenters. The Labute approximate surface area is 143 Å². The lowest BCUT2D eigenvalue weighted by Gasteiger charge is -2.50. The Hall–Kier alpha value is -1.75. The van der Waals surface area contributed by atoms with Gasteiger partial charge in [0, 0.05) is 25.6 Å². The summed E-state index contributed by atoms with van der Waals surface area (Å²) < 4.78 is 10.9. The molecular weight excluding hydrogens is 304 g/mol. The molecule has 3 aliphatic heterocycles. The SMILES string of the molecule is COc1cc2c(cc1OC)C1CC(=O)N3CCCCCC3N1CC2. The molecule has 2 atom stereocenters. The van der Waals surface area contributed by atoms with E-state index < -0.39 is 0 Å². The maximum Gasteiger partial charge on any atom is 0.225 e. The normalized spacial score (nSPS) is 26.9. The van der Waals surface area contributed by atoms with Crippen molar-refractivity contribution in [2.45, 2.75) is 50.7 Å². The van der Waals surface area contributed by atoms with Crippen LogP contribution >= 0.6 is 0 Å². The van der Waals surface area contributed by atoms with Crippen molar-refractivity contribution in [1.29, 1.82) is 0 Å². The number of ether oxygens (including phenoxy) is 2. The first-order chi connectivity index (χ1) is 11.7. The van der Waals surface area contributed by atoms with Gasteiger partial charge in [0.15, 0.2) is 11.5 Å². The van der Waals surface area contributed by atoms with Gasteiger partial charge in [-0.15, -0.1) is 0 Å². The Morgan fingerprint density at radius 1 is 1.04 bits per heavy atom. The third-order valence-corrected chi connectivity index (χ3v) is 5.84. The second-order valence-corrected chi connectivity index (χ2v) is 7.03. The highest BCUT2D eigenvalue weighted by Gasteiger charge is 2.43. The van der Waals surface area contributed by atoms with Gasteiger partial charge < -0.3 is 14.4 Å². The van der Waals surface area contributed by atoms with E-state index in [0.29, 0.717) is 12.3 Å². The molecule has 3 aliphatic rings. The molecule has 1 aromatic rings. The van der Waals surface area contributed by atoms with Crippen molar-refractivity contribution in [3.05, 3.63) is 23.3 Å². The van der Waals surface area contributed by atoms with Crippen LogP contribution in [0.3, 0.4) is 0 Å². The molecule has 3 heterocycles. The fourth-order valence-corrected chi connectivity index (χ4v) is 4.64. The van der Waals surface area contributed by atoms with Crippen molar-refractivity contribution in [3.63, 3.8) is 0 Å². The molecule has 0 aromatic heterocycles. The van der Waals surface area contributed by atoms with Crippen molar-refractivity contribution in [2.24, 2.45) is 0 Å². The Morgan fingerprint density at radius 3 is 2.62 bits per heavy atom. The molecule has 24 heavy (non-hydrogen) atoms. The summed E-state index contributed by atoms with van der Waals surface area (Å²) in [4.78, 5) is 17.5. The van der Waals surface area contributed by atoms with Gasteiger partial charge in [-0.05, 0) is 48.9 Å². The zero-order chi connectivity index (χ0) is 16.7. The van der Waals surface area contributed by atoms with Crippen LogP contribution in [0.15, 0.2) is 12.1 Å². The van der Waals surface area contributed by atoms with E-state index in [1.54, 1.807) is 14.2 Å². The van der Waals surface area contributed by atoms with E-state index in [4.69, 9.17) is 9.47 Å². The van der Waals surface area contributed by atoms with Crippen LogP contribution in [0, 0.1) is 0 Å². The first-order valence-electron chi connectivity index (χ1n) is 9.03. The molecule has 0 radical (unpaired) electrons. The van der Waals surface area contributed by atoms with Crippen molar-refractivity contribution < 1.29 is 14.3 Å². The van der Waals surface area contributed by atoms with Crippen LogP contribution in [0.25, 0.3) is 0 Å². The van der Waals surface area contributed by atoms with Crippen molar-refractivity contribution in [1.82, 2.24) is 9.80 Å². The average Bonchev–Trinajstić information content (AvgIpc) is 2.87. The number of nitrogens with zero attached hydrogens (tertiary/aromatic N) is 2. The van der Waals surface area contributed by atoms with Crippen LogP contribution in [0.1, 0.15) is 49.3 Å². The summed E-state index contributed by atoms with van der Waals surface area (Å²) in [7, 11) is 3.34. The molecule has 5 nitrogen and oxygen atoms in total. The van der Waals surface area contributed by atoms with Crippen LogP contribution in [-0.2, 0) is 11.2 Å². The fraction of sp³-hybridized carbons (Fsp3) is 0.632. The lowest BCUT2D eigenvalue weighted by Crippen LogP contribution is -2.58. The number of amides is 1. The standard InChI is InChI=1S/C19H26N2O3/c1-23-16-10-13-7-9-20-15(14(13)11-17(16)24-2)12-19(22)21-8-5-3-4-6-18(20)21/h10-11,15,18H,3-9,12H2,1-2H3. The molecule has 2 fully saturated rings. The largest absolute Gasteiger partial charge is 0.493 e. The summed E-state index contributed by atoms with van der Waals surface area (Å²) in [5.74, 6) is 1.85. The summed E-state index contributed by atoms with van der Waals surface area (Å²) in [6, 6.07) is 4.36. The van der Waals surface area contributed by atoms with Crippen LogP contribution in [0.4, 0.5) is 0 Å². The number of methoxy groups -OCH3 is 2. The van der Waals surface area contributed by atoms with E-state index in [0.717, 1.165) is 43.9 Å². The van der Waals surface area contributed by atoms with Crippen molar-refractivity contribution >= 4 is 5.91 Å². The molecular formula is C19H26N2O3. The summed E-state index contributed by atoms with van der Waals surface area (Å²) in [6.45, 7) is 1.94. The smallest absolute Gasteiger partial charge is 0.225 e. The Balaban J connectivity index is 1.72. The van der Waals surface area contributed by atoms with Crippen molar-refractivity contribution in [3.8, 4) is 11.5 Å². The molecule has 2 saturated heterocycles. The summed E-state index contributed by atoms with van der Waals surface area (Å²) in [5.41, 5.74) is 2.54. The zero-order valence-electron chi connectivity index (χ0n) is 14.6. The zero-order valence-corrected chi connectivity index (χ0v) is 14.6. The number of hydrogen-bond acceptors (Lipinski definition) is 4. The van der Waals surface area contributed by atoms with E-state index in [1.807, 2.05) is 0 Å². The van der Waals surface area contributed by atoms with E-state index >= 15 is 0 Å². The number of carbonyl (C=O) groups is 1. The molecule has 4 rings (SSSR count). The molecule has 0 saturated carbocycles. The summed E-state index contributed by atoms with van der Waals surface area (Å²) in [6.07, 6.45) is 6.56. The maximum absolute atomic E-state index is 12.8. The first-order valence-corrected chi connectivity index (χ1v) is 9.03. The van der Waals surface area contributed by atoms with Gasteiger partial charge in [0.05, 0.1) is 20.4 Å². The number of carbonyl (C=O) groups excluding carboxylic acids is 1. The predicted octanol–water partition coefficient (Wildman–Crippen LogP) is 2.74. The third kappa shape index (κ3) is 2.46. The lowest BCUT2D eigenvalue weighted by molar-refractivity contribution is -0.149. The number of benzene rings is 1. The molecule has 0 spiro atoms. The van der Waals surface area contributed by atoms with Gasteiger partial charge in [0.2, 0.25) is 5.91 Å². The Kier molecular flexibility index (Phi) is 4.12. The average molecular weight is 330 g/mol. The van der Waals surface area contributed by atoms with E-state index in [2.05, 4.69) is 21.9 Å². The van der Waals surface area contributed by atoms with Gasteiger partial charge in [0.1, 0.15) is 0 Å². The van der Waals surface area contributed by atoms with Crippen LogP contribution in [0.5, 0.6) is 11.5 Å². The Bertz CT molecular complexity index is 646. The van der Waals surface area contributed by atoms with E-state index in [1.165, 1.54) is 24.0 Å². The second kappa shape index (κ2) is 6.28. The quantitative estimate of drug-likeness (QED) is 0.836. The monoisotopic (exact) mass is 330 g/mol. The van der Waals surface area contributed by atoms with Gasteiger partial charge in [-0.1, -0.05) is 6.42 Å². The number of fused-ring (bicyclic) bond motifs is 5. The van der Waals surface area contributed by atoms with Gasteiger partial charge in [-0.25, -0.2) is 0 Å². The molecule has 1 amide bonds. The minimum absolute atomic E-state index is 0.181. The number of rotatable bonds is 2. The van der Waals surface area contributed by atoms with Crippen LogP contribution in [0.2, 0.25) is 0 Å². The van der Waals surface area contributed by atoms with Crippen LogP contribution in [-0.4, -0.2) is 49.2 Å². The summed E-state index contributed by atoms with van der Waals surface area (Å²) in [5, 5.41) is 0. The van der Waals surface area contributed by atoms with Gasteiger partial charge in [0.25, 0.3) is 0 Å². The summed E-state index contributed by atoms with van der Waals surface area (Å²) >= 11 is 0. The fourth-order valence-electron chi connectivity index (χ4n) is 4.64. The molecule has 5 heteroatoms. The Morgan fingerprint density at radius 2 is 1.83 bits per heavy atom. The van der Waals surface area contributed by atoms with E-state index in [9.17, 15) is 4.79 Å². The third-order valence-electron chi connectivity index (χ3n) is 5.84. The lowest BCUT2D eigenvalue weighted by atomic mass is 9.87. The first kappa shape index (κ1) is 15.8. The number of hydrogen-bond donors (Lipinski definition) is 0. The highest BCUT2D eigenvalue weighted by molar-refractivity contribution is 5.78. The van der Waals surface area contributed by atoms with Gasteiger partial charge >= 0.3 is 0 Å². The highest BCUT2D eigenvalue weighted by Crippen LogP contribution is 2.43. The molecule has 130 valence electrons. The predicted molar refractivity (Wildman–Crippen MR) is 91.3 cm³/mol. The van der Waals surface area contributed by atoms with Gasteiger partial charge in [-0.3, -0.25) is 9.69 Å². The second-order valence-electron chi connectivity index (χ2n) is 7.03. The minimum Gasteiger partial charge on any atom is -0.493 e. The topological polar surface area (TPSA) is 42.0 Å². The molecule has 0 bridgehead atoms. The molecule has 1 aromatic carbocycles. The van der Waals surface area contributed by atoms with Gasteiger partial charge in [-0.2, -0.15) is 0 Å². The highest BCUT2D eigenvalue weighted by atomic mass is 16.5. The van der Waals surface area contributed by atoms with E-state index in [-0.39, 0.29) is 12.2 Å².